The molecular formula is C10H10F4O3S. The molecule has 18 heavy (non-hydrogen) atoms. The minimum atomic E-state index is -4.83. The Hall–Kier alpha value is -1.15. The Bertz CT molecular complexity index is 537. The fourth-order valence-electron chi connectivity index (χ4n) is 1.35. The van der Waals surface area contributed by atoms with Crippen LogP contribution in [0.25, 0.3) is 0 Å². The van der Waals surface area contributed by atoms with Crippen LogP contribution in [0.1, 0.15) is 17.2 Å². The predicted octanol–water partition coefficient (Wildman–Crippen LogP) is 1.92. The number of aliphatic hydroxyl groups excluding tert-OH is 1. The van der Waals surface area contributed by atoms with Gasteiger partial charge in [0.15, 0.2) is 0 Å². The van der Waals surface area contributed by atoms with Gasteiger partial charge in [-0.25, -0.2) is 12.8 Å². The van der Waals surface area contributed by atoms with Crippen LogP contribution in [0.5, 0.6) is 0 Å². The summed E-state index contributed by atoms with van der Waals surface area (Å²) in [6, 6.07) is 1.80. The van der Waals surface area contributed by atoms with Crippen molar-refractivity contribution in [2.45, 2.75) is 12.3 Å². The SMILES string of the molecule is CS(=O)(=O)CC(O)c1ccc(C(F)(F)F)c(F)c1. The topological polar surface area (TPSA) is 54.4 Å². The zero-order valence-corrected chi connectivity index (χ0v) is 10.0. The number of hydrogen-bond donors (Lipinski definition) is 1. The van der Waals surface area contributed by atoms with Crippen LogP contribution in [0, 0.1) is 5.82 Å². The first-order valence-corrected chi connectivity index (χ1v) is 6.79. The largest absolute Gasteiger partial charge is 0.419 e. The zero-order chi connectivity index (χ0) is 14.1. The normalized spacial score (nSPS) is 14.6. The van der Waals surface area contributed by atoms with Crippen molar-refractivity contribution in [2.75, 3.05) is 12.0 Å². The monoisotopic (exact) mass is 286 g/mol. The van der Waals surface area contributed by atoms with Crippen molar-refractivity contribution >= 4 is 9.84 Å². The molecule has 0 radical (unpaired) electrons. The van der Waals surface area contributed by atoms with Crippen molar-refractivity contribution in [3.8, 4) is 0 Å². The van der Waals surface area contributed by atoms with Gasteiger partial charge in [0, 0.05) is 6.26 Å². The van der Waals surface area contributed by atoms with E-state index >= 15 is 0 Å². The quantitative estimate of drug-likeness (QED) is 0.864. The van der Waals surface area contributed by atoms with Crippen LogP contribution in [-0.4, -0.2) is 25.5 Å². The molecule has 0 bridgehead atoms. The number of sulfone groups is 1. The van der Waals surface area contributed by atoms with E-state index in [0.29, 0.717) is 12.1 Å². The highest BCUT2D eigenvalue weighted by Crippen LogP contribution is 2.32. The van der Waals surface area contributed by atoms with Crippen LogP contribution < -0.4 is 0 Å². The molecule has 0 saturated carbocycles. The molecule has 0 aromatic heterocycles. The van der Waals surface area contributed by atoms with Crippen LogP contribution in [-0.2, 0) is 16.0 Å². The molecule has 3 nitrogen and oxygen atoms in total. The standard InChI is InChI=1S/C10H10F4O3S/c1-18(16,17)5-9(15)6-2-3-7(8(11)4-6)10(12,13)14/h2-4,9,15H,5H2,1H3. The number of aliphatic hydroxyl groups is 1. The van der Waals surface area contributed by atoms with Gasteiger partial charge >= 0.3 is 6.18 Å². The smallest absolute Gasteiger partial charge is 0.387 e. The molecular weight excluding hydrogens is 276 g/mol. The second-order valence-corrected chi connectivity index (χ2v) is 6.03. The van der Waals surface area contributed by atoms with Crippen molar-refractivity contribution in [3.63, 3.8) is 0 Å². The van der Waals surface area contributed by atoms with Crippen molar-refractivity contribution in [2.24, 2.45) is 0 Å². The highest BCUT2D eigenvalue weighted by Gasteiger charge is 2.34. The maximum absolute atomic E-state index is 13.2. The third-order valence-electron chi connectivity index (χ3n) is 2.14. The van der Waals surface area contributed by atoms with Crippen LogP contribution in [0.15, 0.2) is 18.2 Å². The third kappa shape index (κ3) is 3.95. The van der Waals surface area contributed by atoms with E-state index in [2.05, 4.69) is 0 Å². The van der Waals surface area contributed by atoms with E-state index in [1.165, 1.54) is 0 Å². The molecule has 0 aliphatic carbocycles. The van der Waals surface area contributed by atoms with E-state index in [0.717, 1.165) is 12.3 Å². The maximum Gasteiger partial charge on any atom is 0.419 e. The molecule has 1 unspecified atom stereocenters. The highest BCUT2D eigenvalue weighted by atomic mass is 32.2. The summed E-state index contributed by atoms with van der Waals surface area (Å²) in [5.41, 5.74) is -1.68. The van der Waals surface area contributed by atoms with E-state index in [4.69, 9.17) is 0 Å². The Kier molecular flexibility index (Phi) is 4.02. The lowest BCUT2D eigenvalue weighted by molar-refractivity contribution is -0.140. The number of halogens is 4. The Balaban J connectivity index is 3.05. The Morgan fingerprint density at radius 3 is 2.28 bits per heavy atom. The zero-order valence-electron chi connectivity index (χ0n) is 9.20. The highest BCUT2D eigenvalue weighted by molar-refractivity contribution is 7.90. The summed E-state index contributed by atoms with van der Waals surface area (Å²) in [5.74, 6) is -2.23. The summed E-state index contributed by atoms with van der Waals surface area (Å²) in [7, 11) is -3.52. The van der Waals surface area contributed by atoms with E-state index in [1.54, 1.807) is 0 Å². The van der Waals surface area contributed by atoms with E-state index < -0.39 is 39.3 Å². The van der Waals surface area contributed by atoms with Gasteiger partial charge in [-0.15, -0.1) is 0 Å². The molecule has 1 rings (SSSR count). The van der Waals surface area contributed by atoms with E-state index in [-0.39, 0.29) is 5.56 Å². The summed E-state index contributed by atoms with van der Waals surface area (Å²) in [6.45, 7) is 0. The van der Waals surface area contributed by atoms with Gasteiger partial charge in [0.05, 0.1) is 17.4 Å². The van der Waals surface area contributed by atoms with Gasteiger partial charge in [0.1, 0.15) is 15.7 Å². The van der Waals surface area contributed by atoms with Crippen molar-refractivity contribution in [3.05, 3.63) is 35.1 Å². The Morgan fingerprint density at radius 2 is 1.89 bits per heavy atom. The van der Waals surface area contributed by atoms with Crippen LogP contribution in [0.3, 0.4) is 0 Å². The second-order valence-electron chi connectivity index (χ2n) is 3.85. The van der Waals surface area contributed by atoms with Gasteiger partial charge in [0.2, 0.25) is 0 Å². The summed E-state index contributed by atoms with van der Waals surface area (Å²) in [5, 5.41) is 9.45. The van der Waals surface area contributed by atoms with Gasteiger partial charge in [-0.05, 0) is 17.7 Å². The van der Waals surface area contributed by atoms with Crippen LogP contribution in [0.2, 0.25) is 0 Å². The first-order valence-electron chi connectivity index (χ1n) is 4.73. The number of rotatable bonds is 3. The summed E-state index contributed by atoms with van der Waals surface area (Å²) < 4.78 is 71.7. The molecule has 1 N–H and O–H groups in total. The molecule has 0 heterocycles. The maximum atomic E-state index is 13.2. The molecule has 8 heteroatoms. The molecule has 0 aliphatic heterocycles. The molecule has 0 amide bonds. The van der Waals surface area contributed by atoms with Gasteiger partial charge in [-0.2, -0.15) is 13.2 Å². The fourth-order valence-corrected chi connectivity index (χ4v) is 2.12. The third-order valence-corrected chi connectivity index (χ3v) is 3.07. The van der Waals surface area contributed by atoms with Crippen LogP contribution in [0.4, 0.5) is 17.6 Å². The molecule has 0 saturated heterocycles. The number of benzene rings is 1. The van der Waals surface area contributed by atoms with E-state index in [9.17, 15) is 31.1 Å². The first-order chi connectivity index (χ1) is 8.00. The molecule has 0 fully saturated rings. The van der Waals surface area contributed by atoms with Crippen molar-refractivity contribution in [1.29, 1.82) is 0 Å². The Morgan fingerprint density at radius 1 is 1.33 bits per heavy atom. The molecule has 1 aromatic carbocycles. The average Bonchev–Trinajstić information content (AvgIpc) is 2.12. The number of alkyl halides is 3. The summed E-state index contributed by atoms with van der Waals surface area (Å²) in [4.78, 5) is 0. The fraction of sp³-hybridized carbons (Fsp3) is 0.400. The van der Waals surface area contributed by atoms with Gasteiger partial charge in [-0.1, -0.05) is 6.07 Å². The first kappa shape index (κ1) is 14.9. The lowest BCUT2D eigenvalue weighted by Gasteiger charge is -2.13. The molecule has 0 aliphatic rings. The van der Waals surface area contributed by atoms with Gasteiger partial charge in [-0.3, -0.25) is 0 Å². The molecule has 0 spiro atoms. The van der Waals surface area contributed by atoms with Crippen molar-refractivity contribution in [1.82, 2.24) is 0 Å². The van der Waals surface area contributed by atoms with Crippen LogP contribution >= 0.6 is 0 Å². The van der Waals surface area contributed by atoms with Gasteiger partial charge < -0.3 is 5.11 Å². The van der Waals surface area contributed by atoms with Crippen molar-refractivity contribution < 1.29 is 31.1 Å². The Labute approximate surface area is 101 Å². The predicted molar refractivity (Wildman–Crippen MR) is 56.1 cm³/mol. The van der Waals surface area contributed by atoms with E-state index in [1.807, 2.05) is 0 Å². The average molecular weight is 286 g/mol. The minimum Gasteiger partial charge on any atom is -0.387 e. The summed E-state index contributed by atoms with van der Waals surface area (Å²) in [6.07, 6.45) is -5.53. The molecule has 1 aromatic rings. The molecule has 1 atom stereocenters. The minimum absolute atomic E-state index is 0.217. The lowest BCUT2D eigenvalue weighted by atomic mass is 10.1. The molecule has 102 valence electrons. The lowest BCUT2D eigenvalue weighted by Crippen LogP contribution is -2.14. The summed E-state index contributed by atoms with van der Waals surface area (Å²) >= 11 is 0. The number of hydrogen-bond acceptors (Lipinski definition) is 3. The van der Waals surface area contributed by atoms with Gasteiger partial charge in [0.25, 0.3) is 0 Å². The second kappa shape index (κ2) is 4.85.